The lowest BCUT2D eigenvalue weighted by Crippen LogP contribution is -2.33. The van der Waals surface area contributed by atoms with E-state index in [1.165, 1.54) is 4.90 Å². The average Bonchev–Trinajstić information content (AvgIpc) is 2.99. The third kappa shape index (κ3) is 4.31. The number of nitrogens with zero attached hydrogens (tertiary/aromatic N) is 1. The van der Waals surface area contributed by atoms with E-state index >= 15 is 0 Å². The average molecular weight is 393 g/mol. The molecule has 6 nitrogen and oxygen atoms in total. The molecular formula is C23H23NO5. The van der Waals surface area contributed by atoms with Crippen LogP contribution in [-0.2, 0) is 14.4 Å². The predicted octanol–water partition coefficient (Wildman–Crippen LogP) is 3.95. The van der Waals surface area contributed by atoms with Gasteiger partial charge in [-0.3, -0.25) is 19.3 Å². The Kier molecular flexibility index (Phi) is 5.60. The first-order valence-corrected chi connectivity index (χ1v) is 10.0. The number of hydrogen-bond acceptors (Lipinski definition) is 5. The van der Waals surface area contributed by atoms with E-state index in [-0.39, 0.29) is 36.6 Å². The minimum absolute atomic E-state index is 0.0147. The highest BCUT2D eigenvalue weighted by molar-refractivity contribution is 6.05. The summed E-state index contributed by atoms with van der Waals surface area (Å²) >= 11 is 0. The third-order valence-corrected chi connectivity index (χ3v) is 5.51. The number of amides is 2. The largest absolute Gasteiger partial charge is 0.457 e. The molecule has 1 aliphatic carbocycles. The van der Waals surface area contributed by atoms with Gasteiger partial charge in [0.15, 0.2) is 0 Å². The highest BCUT2D eigenvalue weighted by atomic mass is 16.5. The number of rotatable bonds is 6. The Hall–Kier alpha value is -3.15. The van der Waals surface area contributed by atoms with Gasteiger partial charge in [0.1, 0.15) is 17.2 Å². The van der Waals surface area contributed by atoms with Crippen molar-refractivity contribution >= 4 is 17.8 Å². The van der Waals surface area contributed by atoms with Gasteiger partial charge in [-0.2, -0.15) is 0 Å². The number of imide groups is 1. The van der Waals surface area contributed by atoms with E-state index in [9.17, 15) is 14.4 Å². The van der Waals surface area contributed by atoms with Crippen molar-refractivity contribution in [3.8, 4) is 17.2 Å². The molecule has 2 aromatic carbocycles. The molecule has 150 valence electrons. The first-order valence-electron chi connectivity index (χ1n) is 10.0. The van der Waals surface area contributed by atoms with Crippen molar-refractivity contribution < 1.29 is 23.9 Å². The quantitative estimate of drug-likeness (QED) is 0.422. The normalized spacial score (nSPS) is 21.0. The second kappa shape index (κ2) is 8.47. The van der Waals surface area contributed by atoms with E-state index in [2.05, 4.69) is 0 Å². The lowest BCUT2D eigenvalue weighted by molar-refractivity contribution is -0.141. The molecule has 2 fully saturated rings. The monoisotopic (exact) mass is 393 g/mol. The van der Waals surface area contributed by atoms with Crippen molar-refractivity contribution in [1.82, 2.24) is 4.90 Å². The molecule has 0 spiro atoms. The summed E-state index contributed by atoms with van der Waals surface area (Å²) in [6.45, 7) is 0.0820. The van der Waals surface area contributed by atoms with Gasteiger partial charge in [-0.05, 0) is 49.2 Å². The van der Waals surface area contributed by atoms with Gasteiger partial charge in [-0.15, -0.1) is 0 Å². The van der Waals surface area contributed by atoms with Crippen LogP contribution < -0.4 is 9.47 Å². The molecule has 1 saturated carbocycles. The second-order valence-corrected chi connectivity index (χ2v) is 7.44. The van der Waals surface area contributed by atoms with Crippen LogP contribution in [0.25, 0.3) is 0 Å². The van der Waals surface area contributed by atoms with Crippen molar-refractivity contribution in [3.05, 3.63) is 54.6 Å². The topological polar surface area (TPSA) is 72.9 Å². The molecule has 1 heterocycles. The molecule has 1 saturated heterocycles. The van der Waals surface area contributed by atoms with Crippen LogP contribution in [0.15, 0.2) is 54.6 Å². The number of para-hydroxylation sites is 1. The van der Waals surface area contributed by atoms with Gasteiger partial charge in [0.25, 0.3) is 0 Å². The van der Waals surface area contributed by atoms with Crippen molar-refractivity contribution in [3.63, 3.8) is 0 Å². The maximum atomic E-state index is 12.4. The third-order valence-electron chi connectivity index (χ3n) is 5.51. The Morgan fingerprint density at radius 1 is 0.828 bits per heavy atom. The van der Waals surface area contributed by atoms with Crippen molar-refractivity contribution in [2.24, 2.45) is 11.8 Å². The molecule has 0 radical (unpaired) electrons. The Balaban J connectivity index is 1.28. The first-order chi connectivity index (χ1) is 14.1. The Labute approximate surface area is 169 Å². The summed E-state index contributed by atoms with van der Waals surface area (Å²) in [5, 5.41) is 0. The Morgan fingerprint density at radius 3 is 2.00 bits per heavy atom. The molecule has 1 aliphatic heterocycles. The molecule has 6 heteroatoms. The van der Waals surface area contributed by atoms with Crippen molar-refractivity contribution in [2.75, 3.05) is 6.54 Å². The fourth-order valence-corrected chi connectivity index (χ4v) is 4.04. The maximum Gasteiger partial charge on any atom is 0.312 e. The zero-order valence-electron chi connectivity index (χ0n) is 16.1. The maximum absolute atomic E-state index is 12.4. The number of ether oxygens (including phenoxy) is 2. The van der Waals surface area contributed by atoms with Gasteiger partial charge in [-0.25, -0.2) is 0 Å². The van der Waals surface area contributed by atoms with Crippen LogP contribution in [-0.4, -0.2) is 29.2 Å². The molecule has 0 bridgehead atoms. The zero-order chi connectivity index (χ0) is 20.2. The van der Waals surface area contributed by atoms with Crippen LogP contribution in [0.2, 0.25) is 0 Å². The molecular weight excluding hydrogens is 370 g/mol. The van der Waals surface area contributed by atoms with Gasteiger partial charge in [-0.1, -0.05) is 31.0 Å². The Bertz CT molecular complexity index is 869. The number of carbonyl (C=O) groups is 3. The number of carbonyl (C=O) groups excluding carboxylic acids is 3. The molecule has 4 rings (SSSR count). The van der Waals surface area contributed by atoms with E-state index in [0.29, 0.717) is 11.5 Å². The lowest BCUT2D eigenvalue weighted by Gasteiger charge is -2.19. The highest BCUT2D eigenvalue weighted by Crippen LogP contribution is 2.38. The smallest absolute Gasteiger partial charge is 0.312 e. The van der Waals surface area contributed by atoms with Gasteiger partial charge >= 0.3 is 5.97 Å². The molecule has 0 N–H and O–H groups in total. The van der Waals surface area contributed by atoms with E-state index in [1.54, 1.807) is 24.3 Å². The van der Waals surface area contributed by atoms with Crippen LogP contribution in [0.4, 0.5) is 0 Å². The highest BCUT2D eigenvalue weighted by Gasteiger charge is 2.47. The van der Waals surface area contributed by atoms with Crippen molar-refractivity contribution in [2.45, 2.75) is 32.1 Å². The SMILES string of the molecule is O=C(CCN1C(=O)[C@H]2CCCC[C@@H]2C1=O)Oc1ccc(Oc2ccccc2)cc1. The van der Waals surface area contributed by atoms with Gasteiger partial charge in [0.05, 0.1) is 18.3 Å². The molecule has 29 heavy (non-hydrogen) atoms. The summed E-state index contributed by atoms with van der Waals surface area (Å²) in [6.07, 6.45) is 3.50. The number of likely N-dealkylation sites (tertiary alicyclic amines) is 1. The van der Waals surface area contributed by atoms with Crippen LogP contribution in [0.5, 0.6) is 17.2 Å². The Morgan fingerprint density at radius 2 is 1.38 bits per heavy atom. The molecule has 0 unspecified atom stereocenters. The van der Waals surface area contributed by atoms with E-state index < -0.39 is 5.97 Å². The number of esters is 1. The molecule has 2 amide bonds. The van der Waals surface area contributed by atoms with Crippen molar-refractivity contribution in [1.29, 1.82) is 0 Å². The predicted molar refractivity (Wildman–Crippen MR) is 105 cm³/mol. The van der Waals surface area contributed by atoms with E-state index in [4.69, 9.17) is 9.47 Å². The van der Waals surface area contributed by atoms with E-state index in [0.717, 1.165) is 31.4 Å². The number of hydrogen-bond donors (Lipinski definition) is 0. The number of benzene rings is 2. The van der Waals surface area contributed by atoms with Crippen LogP contribution in [0, 0.1) is 11.8 Å². The van der Waals surface area contributed by atoms with E-state index in [1.807, 2.05) is 30.3 Å². The lowest BCUT2D eigenvalue weighted by atomic mass is 9.81. The molecule has 2 aromatic rings. The van der Waals surface area contributed by atoms with Crippen LogP contribution in [0.3, 0.4) is 0 Å². The standard InChI is InChI=1S/C23H23NO5/c25-21(14-15-24-22(26)19-8-4-5-9-20(19)23(24)27)29-18-12-10-17(11-13-18)28-16-6-2-1-3-7-16/h1-3,6-7,10-13,19-20H,4-5,8-9,14-15H2/t19-,20-/m0/s1. The fraction of sp³-hybridized carbons (Fsp3) is 0.348. The first kappa shape index (κ1) is 19.2. The molecule has 2 atom stereocenters. The zero-order valence-corrected chi connectivity index (χ0v) is 16.1. The summed E-state index contributed by atoms with van der Waals surface area (Å²) in [5.41, 5.74) is 0. The summed E-state index contributed by atoms with van der Waals surface area (Å²) in [5.74, 6) is 0.628. The minimum atomic E-state index is -0.475. The fourth-order valence-electron chi connectivity index (χ4n) is 4.04. The summed E-state index contributed by atoms with van der Waals surface area (Å²) in [4.78, 5) is 38.3. The second-order valence-electron chi connectivity index (χ2n) is 7.44. The summed E-state index contributed by atoms with van der Waals surface area (Å²) in [6, 6.07) is 16.1. The van der Waals surface area contributed by atoms with Gasteiger partial charge in [0.2, 0.25) is 11.8 Å². The summed E-state index contributed by atoms with van der Waals surface area (Å²) < 4.78 is 11.0. The minimum Gasteiger partial charge on any atom is -0.457 e. The van der Waals surface area contributed by atoms with Gasteiger partial charge in [0, 0.05) is 6.54 Å². The number of fused-ring (bicyclic) bond motifs is 1. The van der Waals surface area contributed by atoms with Crippen LogP contribution >= 0.6 is 0 Å². The van der Waals surface area contributed by atoms with Gasteiger partial charge < -0.3 is 9.47 Å². The van der Waals surface area contributed by atoms with Crippen LogP contribution in [0.1, 0.15) is 32.1 Å². The summed E-state index contributed by atoms with van der Waals surface area (Å²) in [7, 11) is 0. The molecule has 2 aliphatic rings. The molecule has 0 aromatic heterocycles.